The minimum atomic E-state index is -0.966. The lowest BCUT2D eigenvalue weighted by Crippen LogP contribution is -2.28. The van der Waals surface area contributed by atoms with Crippen molar-refractivity contribution in [3.8, 4) is 5.75 Å². The maximum Gasteiger partial charge on any atom is 0.412 e. The third-order valence-electron chi connectivity index (χ3n) is 4.70. The number of anilines is 1. The Morgan fingerprint density at radius 1 is 1.00 bits per heavy atom. The highest BCUT2D eigenvalue weighted by molar-refractivity contribution is 5.92. The van der Waals surface area contributed by atoms with Crippen LogP contribution in [0.25, 0.3) is 10.8 Å². The minimum Gasteiger partial charge on any atom is -0.507 e. The molecule has 4 N–H and O–H groups in total. The number of phenolic OH excluding ortho intramolecular Hbond substituents is 1. The molecule has 0 aliphatic heterocycles. The first-order valence-corrected chi connectivity index (χ1v) is 10.0. The van der Waals surface area contributed by atoms with Crippen LogP contribution in [0, 0.1) is 0 Å². The largest absolute Gasteiger partial charge is 0.507 e. The quantitative estimate of drug-likeness (QED) is 0.238. The highest BCUT2D eigenvalue weighted by Gasteiger charge is 2.28. The van der Waals surface area contributed by atoms with E-state index in [4.69, 9.17) is 14.7 Å². The summed E-state index contributed by atoms with van der Waals surface area (Å²) in [6, 6.07) is 19.1. The van der Waals surface area contributed by atoms with E-state index in [2.05, 4.69) is 5.32 Å². The summed E-state index contributed by atoms with van der Waals surface area (Å²) in [6.45, 7) is 2.04. The summed E-state index contributed by atoms with van der Waals surface area (Å²) in [7, 11) is 0. The molecule has 0 saturated carbocycles. The van der Waals surface area contributed by atoms with Gasteiger partial charge in [-0.25, -0.2) is 10.3 Å². The number of carbonyl (C=O) groups excluding carboxylic acids is 2. The van der Waals surface area contributed by atoms with Gasteiger partial charge in [-0.2, -0.15) is 0 Å². The van der Waals surface area contributed by atoms with E-state index in [-0.39, 0.29) is 12.4 Å². The Labute approximate surface area is 185 Å². The molecule has 2 atom stereocenters. The zero-order valence-corrected chi connectivity index (χ0v) is 17.4. The fourth-order valence-electron chi connectivity index (χ4n) is 3.30. The summed E-state index contributed by atoms with van der Waals surface area (Å²) in [6.07, 6.45) is -0.0484. The van der Waals surface area contributed by atoms with Gasteiger partial charge in [-0.3, -0.25) is 15.3 Å². The van der Waals surface area contributed by atoms with Crippen molar-refractivity contribution in [1.82, 2.24) is 5.48 Å². The first kappa shape index (κ1) is 22.8. The molecule has 32 heavy (non-hydrogen) atoms. The number of benzene rings is 3. The van der Waals surface area contributed by atoms with Gasteiger partial charge in [0.15, 0.2) is 6.10 Å². The summed E-state index contributed by atoms with van der Waals surface area (Å²) >= 11 is 0. The Bertz CT molecular complexity index is 1100. The summed E-state index contributed by atoms with van der Waals surface area (Å²) in [4.78, 5) is 24.3. The van der Waals surface area contributed by atoms with Gasteiger partial charge >= 0.3 is 6.09 Å². The Morgan fingerprint density at radius 2 is 1.69 bits per heavy atom. The van der Waals surface area contributed by atoms with Crippen molar-refractivity contribution >= 4 is 28.5 Å². The van der Waals surface area contributed by atoms with Gasteiger partial charge in [-0.1, -0.05) is 48.5 Å². The van der Waals surface area contributed by atoms with Crippen molar-refractivity contribution in [2.45, 2.75) is 19.1 Å². The van der Waals surface area contributed by atoms with E-state index in [0.29, 0.717) is 22.0 Å². The number of fused-ring (bicyclic) bond motifs is 1. The number of rotatable bonds is 8. The highest BCUT2D eigenvalue weighted by Crippen LogP contribution is 2.35. The maximum atomic E-state index is 12.7. The lowest BCUT2D eigenvalue weighted by atomic mass is 9.96. The molecule has 3 rings (SSSR count). The number of phenols is 1. The van der Waals surface area contributed by atoms with Crippen molar-refractivity contribution in [1.29, 1.82) is 0 Å². The minimum absolute atomic E-state index is 0.0833. The van der Waals surface area contributed by atoms with Crippen LogP contribution in [0.15, 0.2) is 78.9 Å². The van der Waals surface area contributed by atoms with Crippen LogP contribution in [0.1, 0.15) is 18.6 Å². The van der Waals surface area contributed by atoms with Gasteiger partial charge in [0.2, 0.25) is 0 Å². The Morgan fingerprint density at radius 3 is 2.38 bits per heavy atom. The molecule has 0 heterocycles. The molecule has 8 heteroatoms. The van der Waals surface area contributed by atoms with Gasteiger partial charge < -0.3 is 14.6 Å². The van der Waals surface area contributed by atoms with E-state index in [1.165, 1.54) is 17.6 Å². The van der Waals surface area contributed by atoms with Crippen LogP contribution >= 0.6 is 0 Å². The van der Waals surface area contributed by atoms with Crippen LogP contribution in [0.5, 0.6) is 5.75 Å². The van der Waals surface area contributed by atoms with Crippen LogP contribution in [0.2, 0.25) is 0 Å². The summed E-state index contributed by atoms with van der Waals surface area (Å²) in [5.74, 6) is -0.669. The van der Waals surface area contributed by atoms with E-state index in [9.17, 15) is 14.7 Å². The molecule has 3 aromatic carbocycles. The molecule has 0 spiro atoms. The van der Waals surface area contributed by atoms with Crippen LogP contribution in [0.4, 0.5) is 10.5 Å². The number of ether oxygens (including phenoxy) is 2. The zero-order chi connectivity index (χ0) is 22.9. The van der Waals surface area contributed by atoms with E-state index in [1.807, 2.05) is 6.07 Å². The second-order valence-electron chi connectivity index (χ2n) is 6.79. The molecular weight excluding hydrogens is 412 g/mol. The van der Waals surface area contributed by atoms with Crippen LogP contribution in [-0.4, -0.2) is 35.0 Å². The molecule has 8 nitrogen and oxygen atoms in total. The van der Waals surface area contributed by atoms with Gasteiger partial charge in [0, 0.05) is 29.3 Å². The third-order valence-corrected chi connectivity index (χ3v) is 4.70. The third kappa shape index (κ3) is 5.63. The van der Waals surface area contributed by atoms with Gasteiger partial charge in [-0.15, -0.1) is 0 Å². The van der Waals surface area contributed by atoms with E-state index in [1.54, 1.807) is 61.5 Å². The normalized spacial score (nSPS) is 12.9. The Balaban J connectivity index is 2.02. The van der Waals surface area contributed by atoms with Crippen molar-refractivity contribution in [2.75, 3.05) is 11.9 Å². The number of hydrogen-bond donors (Lipinski definition) is 4. The van der Waals surface area contributed by atoms with E-state index in [0.717, 1.165) is 6.08 Å². The average Bonchev–Trinajstić information content (AvgIpc) is 2.81. The fraction of sp³-hybridized carbons (Fsp3) is 0.167. The fourth-order valence-corrected chi connectivity index (χ4v) is 3.30. The van der Waals surface area contributed by atoms with Crippen LogP contribution < -0.4 is 10.8 Å². The molecule has 0 aliphatic rings. The van der Waals surface area contributed by atoms with Gasteiger partial charge in [0.25, 0.3) is 5.91 Å². The average molecular weight is 436 g/mol. The molecule has 0 unspecified atom stereocenters. The maximum absolute atomic E-state index is 12.7. The number of hydrogen-bond acceptors (Lipinski definition) is 6. The van der Waals surface area contributed by atoms with E-state index < -0.39 is 24.2 Å². The number of hydroxylamine groups is 1. The number of nitrogens with one attached hydrogen (secondary N) is 2. The summed E-state index contributed by atoms with van der Waals surface area (Å²) in [5, 5.41) is 23.0. The molecule has 2 amide bonds. The predicted molar refractivity (Wildman–Crippen MR) is 119 cm³/mol. The smallest absolute Gasteiger partial charge is 0.412 e. The van der Waals surface area contributed by atoms with Gasteiger partial charge in [-0.05, 0) is 36.6 Å². The highest BCUT2D eigenvalue weighted by atomic mass is 16.6. The molecule has 166 valence electrons. The van der Waals surface area contributed by atoms with Gasteiger partial charge in [0.1, 0.15) is 11.9 Å². The molecule has 0 aromatic heterocycles. The topological polar surface area (TPSA) is 117 Å². The zero-order valence-electron chi connectivity index (χ0n) is 17.4. The van der Waals surface area contributed by atoms with Crippen molar-refractivity contribution in [2.24, 2.45) is 0 Å². The lowest BCUT2D eigenvalue weighted by Gasteiger charge is -2.26. The molecule has 0 fully saturated rings. The number of amides is 2. The molecule has 0 saturated heterocycles. The second-order valence-corrected chi connectivity index (χ2v) is 6.79. The predicted octanol–water partition coefficient (Wildman–Crippen LogP) is 4.30. The summed E-state index contributed by atoms with van der Waals surface area (Å²) in [5.41, 5.74) is 2.65. The molecule has 0 radical (unpaired) electrons. The number of aromatic hydroxyl groups is 1. The number of carbonyl (C=O) groups is 2. The number of para-hydroxylation sites is 1. The van der Waals surface area contributed by atoms with Crippen LogP contribution in [-0.2, 0) is 14.3 Å². The monoisotopic (exact) mass is 436 g/mol. The standard InChI is InChI=1S/C24H24N2O6/c1-2-31-21(14-15-22(28)26-30)23(32-24(29)25-16-8-4-3-5-9-16)19-12-13-20(27)18-11-7-6-10-17(18)19/h3-15,21,23,27,30H,2H2,1H3,(H,25,29)(H,26,28)/b15-14+/t21-,23-/m0/s1. The lowest BCUT2D eigenvalue weighted by molar-refractivity contribution is -0.124. The molecule has 0 bridgehead atoms. The first-order chi connectivity index (χ1) is 15.5. The van der Waals surface area contributed by atoms with Crippen LogP contribution in [0.3, 0.4) is 0 Å². The molecule has 3 aromatic rings. The molecule has 0 aliphatic carbocycles. The van der Waals surface area contributed by atoms with E-state index >= 15 is 0 Å². The first-order valence-electron chi connectivity index (χ1n) is 10.0. The van der Waals surface area contributed by atoms with Crippen molar-refractivity contribution in [3.63, 3.8) is 0 Å². The Kier molecular flexibility index (Phi) is 7.80. The molecular formula is C24H24N2O6. The van der Waals surface area contributed by atoms with Gasteiger partial charge in [0.05, 0.1) is 0 Å². The van der Waals surface area contributed by atoms with Crippen molar-refractivity contribution < 1.29 is 29.4 Å². The van der Waals surface area contributed by atoms with Crippen molar-refractivity contribution in [3.05, 3.63) is 84.4 Å². The Hall–Kier alpha value is -3.88. The SMILES string of the molecule is CCO[C@@H](/C=C/C(=O)NO)[C@@H](OC(=O)Nc1ccccc1)c1ccc(O)c2ccccc12. The second kappa shape index (κ2) is 10.9. The summed E-state index contributed by atoms with van der Waals surface area (Å²) < 4.78 is 11.5.